The lowest BCUT2D eigenvalue weighted by molar-refractivity contribution is -0.150. The fourth-order valence-electron chi connectivity index (χ4n) is 2.35. The molecule has 0 aromatic rings. The Balaban J connectivity index is 3.11. The zero-order valence-electron chi connectivity index (χ0n) is 9.20. The van der Waals surface area contributed by atoms with E-state index in [1.807, 2.05) is 13.8 Å². The Bertz CT molecular complexity index is 340. The lowest BCUT2D eigenvalue weighted by atomic mass is 9.66. The summed E-state index contributed by atoms with van der Waals surface area (Å²) in [5.41, 5.74) is -1.14. The zero-order chi connectivity index (χ0) is 11.9. The summed E-state index contributed by atoms with van der Waals surface area (Å²) in [6.45, 7) is 5.32. The van der Waals surface area contributed by atoms with E-state index in [0.717, 1.165) is 0 Å². The zero-order valence-corrected chi connectivity index (χ0v) is 9.20. The maximum absolute atomic E-state index is 11.1. The van der Waals surface area contributed by atoms with Gasteiger partial charge >= 0.3 is 11.9 Å². The number of carboxylic acids is 2. The van der Waals surface area contributed by atoms with Crippen molar-refractivity contribution in [3.05, 3.63) is 11.6 Å². The average Bonchev–Trinajstić information content (AvgIpc) is 1.99. The van der Waals surface area contributed by atoms with Crippen molar-refractivity contribution in [2.45, 2.75) is 33.6 Å². The van der Waals surface area contributed by atoms with Crippen molar-refractivity contribution in [3.8, 4) is 0 Å². The van der Waals surface area contributed by atoms with Crippen LogP contribution in [0.15, 0.2) is 11.6 Å². The summed E-state index contributed by atoms with van der Waals surface area (Å²) >= 11 is 0. The summed E-state index contributed by atoms with van der Waals surface area (Å²) in [6.07, 6.45) is 2.23. The lowest BCUT2D eigenvalue weighted by Crippen LogP contribution is -2.37. The topological polar surface area (TPSA) is 74.6 Å². The number of carbonyl (C=O) groups is 2. The second kappa shape index (κ2) is 3.36. The van der Waals surface area contributed by atoms with Crippen LogP contribution in [0.2, 0.25) is 0 Å². The first kappa shape index (κ1) is 11.8. The Labute approximate surface area is 88.6 Å². The van der Waals surface area contributed by atoms with E-state index in [0.29, 0.717) is 6.42 Å². The fraction of sp³-hybridized carbons (Fsp3) is 0.636. The Morgan fingerprint density at radius 1 is 1.27 bits per heavy atom. The molecule has 1 atom stereocenters. The van der Waals surface area contributed by atoms with Gasteiger partial charge in [-0.05, 0) is 25.2 Å². The smallest absolute Gasteiger partial charge is 0.331 e. The van der Waals surface area contributed by atoms with E-state index in [1.165, 1.54) is 0 Å². The molecule has 0 aromatic heterocycles. The average molecular weight is 212 g/mol. The third-order valence-electron chi connectivity index (χ3n) is 2.78. The highest BCUT2D eigenvalue weighted by Crippen LogP contribution is 2.44. The molecule has 1 aliphatic carbocycles. The van der Waals surface area contributed by atoms with E-state index in [2.05, 4.69) is 0 Å². The van der Waals surface area contributed by atoms with Crippen molar-refractivity contribution in [3.63, 3.8) is 0 Å². The minimum absolute atomic E-state index is 0.0983. The number of carboxylic acid groups (broad SMARTS) is 2. The van der Waals surface area contributed by atoms with Crippen LogP contribution in [0.4, 0.5) is 0 Å². The van der Waals surface area contributed by atoms with E-state index >= 15 is 0 Å². The van der Waals surface area contributed by atoms with Gasteiger partial charge in [0.1, 0.15) is 0 Å². The molecule has 0 bridgehead atoms. The Morgan fingerprint density at radius 3 is 2.20 bits per heavy atom. The van der Waals surface area contributed by atoms with Crippen LogP contribution in [0.1, 0.15) is 33.6 Å². The van der Waals surface area contributed by atoms with Crippen molar-refractivity contribution in [2.75, 3.05) is 0 Å². The number of hydrogen-bond donors (Lipinski definition) is 2. The molecular weight excluding hydrogens is 196 g/mol. The quantitative estimate of drug-likeness (QED) is 0.733. The van der Waals surface area contributed by atoms with E-state index in [4.69, 9.17) is 10.2 Å². The van der Waals surface area contributed by atoms with Gasteiger partial charge in [-0.2, -0.15) is 0 Å². The van der Waals surface area contributed by atoms with Crippen molar-refractivity contribution in [1.82, 2.24) is 0 Å². The lowest BCUT2D eigenvalue weighted by Gasteiger charge is -2.37. The predicted octanol–water partition coefficient (Wildman–Crippen LogP) is 1.91. The molecule has 0 saturated heterocycles. The Morgan fingerprint density at radius 2 is 1.80 bits per heavy atom. The van der Waals surface area contributed by atoms with Crippen LogP contribution in [0, 0.1) is 10.8 Å². The highest BCUT2D eigenvalue weighted by molar-refractivity contribution is 5.89. The Kier molecular flexibility index (Phi) is 2.63. The summed E-state index contributed by atoms with van der Waals surface area (Å²) in [7, 11) is 0. The molecule has 4 nitrogen and oxygen atoms in total. The van der Waals surface area contributed by atoms with Crippen LogP contribution in [0.3, 0.4) is 0 Å². The van der Waals surface area contributed by atoms with Crippen LogP contribution in [0.5, 0.6) is 0 Å². The molecule has 1 unspecified atom stereocenters. The van der Waals surface area contributed by atoms with Crippen molar-refractivity contribution >= 4 is 11.9 Å². The molecule has 1 aliphatic rings. The van der Waals surface area contributed by atoms with Gasteiger partial charge in [0.15, 0.2) is 0 Å². The number of allylic oxidation sites excluding steroid dienone is 1. The fourth-order valence-corrected chi connectivity index (χ4v) is 2.35. The van der Waals surface area contributed by atoms with Gasteiger partial charge in [0.05, 0.1) is 5.41 Å². The number of rotatable bonds is 2. The highest BCUT2D eigenvalue weighted by atomic mass is 16.4. The van der Waals surface area contributed by atoms with Crippen LogP contribution in [-0.4, -0.2) is 22.2 Å². The molecule has 84 valence electrons. The van der Waals surface area contributed by atoms with E-state index in [1.54, 1.807) is 13.0 Å². The van der Waals surface area contributed by atoms with Gasteiger partial charge < -0.3 is 10.2 Å². The second-order valence-electron chi connectivity index (χ2n) is 5.18. The molecule has 0 radical (unpaired) electrons. The molecule has 4 heteroatoms. The van der Waals surface area contributed by atoms with Gasteiger partial charge in [0.25, 0.3) is 0 Å². The Hall–Kier alpha value is -1.32. The molecule has 0 fully saturated rings. The molecule has 0 heterocycles. The van der Waals surface area contributed by atoms with Crippen molar-refractivity contribution in [2.24, 2.45) is 10.8 Å². The third-order valence-corrected chi connectivity index (χ3v) is 2.78. The predicted molar refractivity (Wildman–Crippen MR) is 54.5 cm³/mol. The first-order valence-electron chi connectivity index (χ1n) is 4.85. The van der Waals surface area contributed by atoms with Crippen LogP contribution in [-0.2, 0) is 9.59 Å². The van der Waals surface area contributed by atoms with Gasteiger partial charge in [-0.1, -0.05) is 19.9 Å². The summed E-state index contributed by atoms with van der Waals surface area (Å²) in [5.74, 6) is -1.95. The van der Waals surface area contributed by atoms with Gasteiger partial charge in [-0.25, -0.2) is 4.79 Å². The molecule has 2 N–H and O–H groups in total. The standard InChI is InChI=1S/C11H16O4/c1-10(2)4-7(8(12)13)5-11(3,6-10)9(14)15/h4H,5-6H2,1-3H3,(H,12,13)(H,14,15). The molecule has 1 rings (SSSR count). The van der Waals surface area contributed by atoms with E-state index in [-0.39, 0.29) is 17.4 Å². The molecule has 15 heavy (non-hydrogen) atoms. The number of hydrogen-bond acceptors (Lipinski definition) is 2. The second-order valence-corrected chi connectivity index (χ2v) is 5.18. The minimum Gasteiger partial charge on any atom is -0.481 e. The van der Waals surface area contributed by atoms with Gasteiger partial charge in [-0.15, -0.1) is 0 Å². The molecule has 0 spiro atoms. The summed E-state index contributed by atoms with van der Waals surface area (Å²) in [6, 6.07) is 0. The van der Waals surface area contributed by atoms with Crippen molar-refractivity contribution < 1.29 is 19.8 Å². The largest absolute Gasteiger partial charge is 0.481 e. The van der Waals surface area contributed by atoms with E-state index in [9.17, 15) is 9.59 Å². The van der Waals surface area contributed by atoms with Crippen molar-refractivity contribution in [1.29, 1.82) is 0 Å². The molecule has 0 aromatic carbocycles. The summed E-state index contributed by atoms with van der Waals surface area (Å²) in [4.78, 5) is 22.0. The minimum atomic E-state index is -1.02. The first-order valence-corrected chi connectivity index (χ1v) is 4.85. The number of aliphatic carboxylic acids is 2. The molecular formula is C11H16O4. The molecule has 0 amide bonds. The van der Waals surface area contributed by atoms with Gasteiger partial charge in [-0.3, -0.25) is 4.79 Å². The van der Waals surface area contributed by atoms with Crippen LogP contribution >= 0.6 is 0 Å². The summed E-state index contributed by atoms with van der Waals surface area (Å²) in [5, 5.41) is 18.0. The first-order chi connectivity index (χ1) is 6.66. The normalized spacial score (nSPS) is 29.4. The van der Waals surface area contributed by atoms with Gasteiger partial charge in [0.2, 0.25) is 0 Å². The van der Waals surface area contributed by atoms with Crippen LogP contribution in [0.25, 0.3) is 0 Å². The van der Waals surface area contributed by atoms with Gasteiger partial charge in [0, 0.05) is 5.57 Å². The maximum atomic E-state index is 11.1. The van der Waals surface area contributed by atoms with Crippen LogP contribution < -0.4 is 0 Å². The monoisotopic (exact) mass is 212 g/mol. The molecule has 0 saturated carbocycles. The maximum Gasteiger partial charge on any atom is 0.331 e. The highest BCUT2D eigenvalue weighted by Gasteiger charge is 2.43. The SMILES string of the molecule is CC1(C)C=C(C(=O)O)CC(C)(C(=O)O)C1. The summed E-state index contributed by atoms with van der Waals surface area (Å²) < 4.78 is 0. The third kappa shape index (κ3) is 2.37. The molecule has 0 aliphatic heterocycles. The van der Waals surface area contributed by atoms with E-state index < -0.39 is 17.4 Å².